The summed E-state index contributed by atoms with van der Waals surface area (Å²) in [5.74, 6) is -2.05. The smallest absolute Gasteiger partial charge is 0.308 e. The maximum atomic E-state index is 13.4. The summed E-state index contributed by atoms with van der Waals surface area (Å²) in [5.41, 5.74) is 1.67. The number of ether oxygens (including phenoxy) is 1. The summed E-state index contributed by atoms with van der Waals surface area (Å²) < 4.78 is 46.6. The number of carbonyl (C=O) groups excluding carboxylic acids is 2. The second-order valence-electron chi connectivity index (χ2n) is 8.19. The van der Waals surface area contributed by atoms with E-state index in [1.165, 1.54) is 28.6 Å². The topological polar surface area (TPSA) is 92.8 Å². The Morgan fingerprint density at radius 3 is 2.35 bits per heavy atom. The van der Waals surface area contributed by atoms with Crippen molar-refractivity contribution in [3.63, 3.8) is 0 Å². The molecule has 4 rings (SSSR count). The third-order valence-electron chi connectivity index (χ3n) is 5.78. The Kier molecular flexibility index (Phi) is 8.40. The van der Waals surface area contributed by atoms with Gasteiger partial charge in [0.05, 0.1) is 33.1 Å². The number of nitrogens with zero attached hydrogens (tertiary/aromatic N) is 1. The SMILES string of the molecule is O=C(COC(=O)CC1c2ccccc2CCN1S(=O)(=O)c1ccc(F)cc1)Nc1c(Cl)cc(Cl)cc1Cl. The van der Waals surface area contributed by atoms with Gasteiger partial charge < -0.3 is 10.1 Å². The molecule has 0 aliphatic carbocycles. The average Bonchev–Trinajstić information content (AvgIpc) is 2.85. The Bertz CT molecular complexity index is 1430. The van der Waals surface area contributed by atoms with Gasteiger partial charge in [0.2, 0.25) is 10.0 Å². The fourth-order valence-corrected chi connectivity index (χ4v) is 6.59. The molecule has 1 N–H and O–H groups in total. The monoisotopic (exact) mass is 584 g/mol. The predicted octanol–water partition coefficient (Wildman–Crippen LogP) is 5.65. The standard InChI is InChI=1S/C25H20Cl3FN2O5S/c26-16-11-20(27)25(21(28)12-16)30-23(32)14-36-24(33)13-22-19-4-2-1-3-15(19)9-10-31(22)37(34,35)18-7-5-17(29)6-8-18/h1-8,11-12,22H,9-10,13-14H2,(H,30,32). The van der Waals surface area contributed by atoms with E-state index in [9.17, 15) is 22.4 Å². The number of hydrogen-bond donors (Lipinski definition) is 1. The Hall–Kier alpha value is -2.69. The predicted molar refractivity (Wildman–Crippen MR) is 139 cm³/mol. The van der Waals surface area contributed by atoms with Crippen LogP contribution >= 0.6 is 34.8 Å². The lowest BCUT2D eigenvalue weighted by Gasteiger charge is -2.36. The molecule has 194 valence electrons. The molecule has 1 amide bonds. The van der Waals surface area contributed by atoms with E-state index in [2.05, 4.69) is 5.32 Å². The fourth-order valence-electron chi connectivity index (χ4n) is 4.07. The van der Waals surface area contributed by atoms with Gasteiger partial charge in [-0.2, -0.15) is 4.31 Å². The van der Waals surface area contributed by atoms with E-state index in [1.807, 2.05) is 12.1 Å². The number of fused-ring (bicyclic) bond motifs is 1. The number of sulfonamides is 1. The zero-order chi connectivity index (χ0) is 26.7. The number of anilines is 1. The number of esters is 1. The number of nitrogens with one attached hydrogen (secondary N) is 1. The van der Waals surface area contributed by atoms with Gasteiger partial charge in [-0.1, -0.05) is 59.1 Å². The summed E-state index contributed by atoms with van der Waals surface area (Å²) in [6.07, 6.45) is 0.0976. The summed E-state index contributed by atoms with van der Waals surface area (Å²) in [6, 6.07) is 13.6. The van der Waals surface area contributed by atoms with Crippen molar-refractivity contribution in [1.82, 2.24) is 4.31 Å². The Balaban J connectivity index is 1.50. The van der Waals surface area contributed by atoms with Crippen LogP contribution in [0.4, 0.5) is 10.1 Å². The van der Waals surface area contributed by atoms with Gasteiger partial charge in [0, 0.05) is 11.6 Å². The lowest BCUT2D eigenvalue weighted by atomic mass is 9.92. The third kappa shape index (κ3) is 6.25. The van der Waals surface area contributed by atoms with Crippen LogP contribution in [0, 0.1) is 5.82 Å². The zero-order valence-corrected chi connectivity index (χ0v) is 22.2. The Labute approximate surface area is 228 Å². The van der Waals surface area contributed by atoms with Gasteiger partial charge in [-0.05, 0) is 53.9 Å². The molecule has 12 heteroatoms. The summed E-state index contributed by atoms with van der Waals surface area (Å²) in [4.78, 5) is 25.0. The van der Waals surface area contributed by atoms with Gasteiger partial charge in [-0.15, -0.1) is 0 Å². The van der Waals surface area contributed by atoms with Crippen molar-refractivity contribution in [2.24, 2.45) is 0 Å². The molecule has 1 heterocycles. The average molecular weight is 586 g/mol. The molecular formula is C25H20Cl3FN2O5S. The molecule has 0 saturated heterocycles. The van der Waals surface area contributed by atoms with E-state index in [-0.39, 0.29) is 38.6 Å². The van der Waals surface area contributed by atoms with E-state index >= 15 is 0 Å². The van der Waals surface area contributed by atoms with Crippen molar-refractivity contribution in [2.75, 3.05) is 18.5 Å². The van der Waals surface area contributed by atoms with Crippen LogP contribution < -0.4 is 5.32 Å². The van der Waals surface area contributed by atoms with Crippen LogP contribution in [-0.4, -0.2) is 37.8 Å². The van der Waals surface area contributed by atoms with Gasteiger partial charge in [0.25, 0.3) is 5.91 Å². The molecule has 0 radical (unpaired) electrons. The molecular weight excluding hydrogens is 566 g/mol. The van der Waals surface area contributed by atoms with E-state index in [0.29, 0.717) is 12.0 Å². The molecule has 0 spiro atoms. The minimum Gasteiger partial charge on any atom is -0.456 e. The summed E-state index contributed by atoms with van der Waals surface area (Å²) in [6.45, 7) is -0.532. The summed E-state index contributed by atoms with van der Waals surface area (Å²) in [5, 5.41) is 2.97. The van der Waals surface area contributed by atoms with Crippen LogP contribution in [0.3, 0.4) is 0 Å². The molecule has 3 aromatic rings. The van der Waals surface area contributed by atoms with Crippen LogP contribution in [0.2, 0.25) is 15.1 Å². The molecule has 0 fully saturated rings. The highest BCUT2D eigenvalue weighted by Gasteiger charge is 2.38. The number of benzene rings is 3. The van der Waals surface area contributed by atoms with Crippen LogP contribution in [-0.2, 0) is 30.8 Å². The largest absolute Gasteiger partial charge is 0.456 e. The highest BCUT2D eigenvalue weighted by molar-refractivity contribution is 7.89. The normalized spacial score (nSPS) is 15.6. The maximum Gasteiger partial charge on any atom is 0.308 e. The van der Waals surface area contributed by atoms with Crippen molar-refractivity contribution >= 4 is 62.4 Å². The quantitative estimate of drug-likeness (QED) is 0.362. The number of amides is 1. The van der Waals surface area contributed by atoms with Gasteiger partial charge in [0.1, 0.15) is 5.82 Å². The second-order valence-corrected chi connectivity index (χ2v) is 11.3. The number of hydrogen-bond acceptors (Lipinski definition) is 5. The first kappa shape index (κ1) is 27.3. The fraction of sp³-hybridized carbons (Fsp3) is 0.200. The van der Waals surface area contributed by atoms with Crippen LogP contribution in [0.25, 0.3) is 0 Å². The van der Waals surface area contributed by atoms with Crippen molar-refractivity contribution in [3.05, 3.63) is 92.7 Å². The Morgan fingerprint density at radius 2 is 1.68 bits per heavy atom. The molecule has 37 heavy (non-hydrogen) atoms. The second kappa shape index (κ2) is 11.4. The molecule has 1 unspecified atom stereocenters. The summed E-state index contributed by atoms with van der Waals surface area (Å²) in [7, 11) is -4.06. The molecule has 7 nitrogen and oxygen atoms in total. The molecule has 1 atom stereocenters. The molecule has 1 aliphatic rings. The lowest BCUT2D eigenvalue weighted by Crippen LogP contribution is -2.41. The van der Waals surface area contributed by atoms with Crippen molar-refractivity contribution in [3.8, 4) is 0 Å². The maximum absolute atomic E-state index is 13.4. The minimum absolute atomic E-state index is 0.0947. The van der Waals surface area contributed by atoms with E-state index < -0.39 is 40.4 Å². The van der Waals surface area contributed by atoms with Crippen molar-refractivity contribution in [2.45, 2.75) is 23.8 Å². The van der Waals surface area contributed by atoms with E-state index in [0.717, 1.165) is 17.7 Å². The molecule has 1 aliphatic heterocycles. The third-order valence-corrected chi connectivity index (χ3v) is 8.52. The number of rotatable bonds is 7. The first-order valence-corrected chi connectivity index (χ1v) is 13.6. The summed E-state index contributed by atoms with van der Waals surface area (Å²) >= 11 is 18.0. The van der Waals surface area contributed by atoms with Gasteiger partial charge >= 0.3 is 5.97 Å². The first-order valence-electron chi connectivity index (χ1n) is 11.0. The molecule has 0 bridgehead atoms. The van der Waals surface area contributed by atoms with Crippen molar-refractivity contribution < 1.29 is 27.1 Å². The van der Waals surface area contributed by atoms with Crippen LogP contribution in [0.5, 0.6) is 0 Å². The zero-order valence-electron chi connectivity index (χ0n) is 19.1. The van der Waals surface area contributed by atoms with E-state index in [4.69, 9.17) is 39.5 Å². The lowest BCUT2D eigenvalue weighted by molar-refractivity contribution is -0.148. The van der Waals surface area contributed by atoms with Gasteiger partial charge in [-0.3, -0.25) is 9.59 Å². The highest BCUT2D eigenvalue weighted by Crippen LogP contribution is 2.37. The highest BCUT2D eigenvalue weighted by atomic mass is 35.5. The van der Waals surface area contributed by atoms with Crippen LogP contribution in [0.1, 0.15) is 23.6 Å². The molecule has 3 aromatic carbocycles. The molecule has 0 saturated carbocycles. The molecule has 0 aromatic heterocycles. The number of halogens is 4. The van der Waals surface area contributed by atoms with Gasteiger partial charge in [-0.25, -0.2) is 12.8 Å². The minimum atomic E-state index is -4.06. The first-order chi connectivity index (χ1) is 17.6. The van der Waals surface area contributed by atoms with Gasteiger partial charge in [0.15, 0.2) is 6.61 Å². The van der Waals surface area contributed by atoms with Crippen LogP contribution in [0.15, 0.2) is 65.6 Å². The van der Waals surface area contributed by atoms with Crippen molar-refractivity contribution in [1.29, 1.82) is 0 Å². The number of carbonyl (C=O) groups is 2. The van der Waals surface area contributed by atoms with E-state index in [1.54, 1.807) is 12.1 Å². The Morgan fingerprint density at radius 1 is 1.03 bits per heavy atom.